The molecule has 4 heteroatoms. The Bertz CT molecular complexity index is 1820. The Morgan fingerprint density at radius 2 is 0.840 bits per heavy atom. The highest BCUT2D eigenvalue weighted by Crippen LogP contribution is 2.37. The molecular formula is C46H54O4. The van der Waals surface area contributed by atoms with Crippen LogP contribution in [0.2, 0.25) is 0 Å². The van der Waals surface area contributed by atoms with Gasteiger partial charge >= 0.3 is 0 Å². The van der Waals surface area contributed by atoms with Crippen LogP contribution in [0.25, 0.3) is 0 Å². The fourth-order valence-corrected chi connectivity index (χ4v) is 6.40. The highest BCUT2D eigenvalue weighted by Gasteiger charge is 2.29. The maximum Gasteiger partial charge on any atom is 0.119 e. The van der Waals surface area contributed by atoms with Crippen molar-refractivity contribution in [1.29, 1.82) is 0 Å². The van der Waals surface area contributed by atoms with Crippen LogP contribution in [-0.2, 0) is 40.0 Å². The Labute approximate surface area is 299 Å². The Morgan fingerprint density at radius 1 is 0.460 bits per heavy atom. The van der Waals surface area contributed by atoms with E-state index in [2.05, 4.69) is 114 Å². The second-order valence-corrected chi connectivity index (χ2v) is 15.1. The second kappa shape index (κ2) is 14.8. The molecule has 2 N–H and O–H groups in total. The predicted octanol–water partition coefficient (Wildman–Crippen LogP) is 11.1. The van der Waals surface area contributed by atoms with Crippen LogP contribution in [0.4, 0.5) is 0 Å². The average Bonchev–Trinajstić information content (AvgIpc) is 3.14. The topological polar surface area (TPSA) is 58.9 Å². The van der Waals surface area contributed by atoms with Gasteiger partial charge in [-0.1, -0.05) is 139 Å². The van der Waals surface area contributed by atoms with Crippen LogP contribution in [0.3, 0.4) is 0 Å². The predicted molar refractivity (Wildman–Crippen MR) is 205 cm³/mol. The molecule has 0 aliphatic carbocycles. The zero-order chi connectivity index (χ0) is 36.2. The van der Waals surface area contributed by atoms with Gasteiger partial charge in [-0.3, -0.25) is 0 Å². The normalized spacial score (nSPS) is 14.5. The van der Waals surface area contributed by atoms with E-state index < -0.39 is 11.2 Å². The van der Waals surface area contributed by atoms with Crippen molar-refractivity contribution in [3.8, 4) is 11.5 Å². The van der Waals surface area contributed by atoms with Crippen molar-refractivity contribution >= 4 is 0 Å². The standard InChI is InChI=1S/C46H54O4/c1-9-45(7,48)39-19-15-35(16-20-39)44(5,6)38-25-29-42(30-26-38)49-31-33-11-13-34(14-12-33)32-50-46(8,10-2)40-21-17-36(18-22-40)43(3,4)37-23-27-41(47)28-24-37/h11-30,47-48H,9-10,31-32H2,1-8H3. The van der Waals surface area contributed by atoms with Gasteiger partial charge in [-0.15, -0.1) is 0 Å². The van der Waals surface area contributed by atoms with E-state index in [1.165, 1.54) is 16.7 Å². The highest BCUT2D eigenvalue weighted by molar-refractivity contribution is 5.43. The van der Waals surface area contributed by atoms with Crippen LogP contribution < -0.4 is 4.74 Å². The number of ether oxygens (including phenoxy) is 2. The maximum absolute atomic E-state index is 10.6. The Balaban J connectivity index is 1.15. The van der Waals surface area contributed by atoms with E-state index in [4.69, 9.17) is 9.47 Å². The molecule has 0 saturated heterocycles. The van der Waals surface area contributed by atoms with Crippen molar-refractivity contribution in [2.75, 3.05) is 0 Å². The van der Waals surface area contributed by atoms with Gasteiger partial charge in [-0.25, -0.2) is 0 Å². The van der Waals surface area contributed by atoms with E-state index in [0.29, 0.717) is 19.6 Å². The molecule has 0 saturated carbocycles. The minimum Gasteiger partial charge on any atom is -0.508 e. The lowest BCUT2D eigenvalue weighted by Crippen LogP contribution is -2.25. The summed E-state index contributed by atoms with van der Waals surface area (Å²) in [6.07, 6.45) is 1.53. The van der Waals surface area contributed by atoms with Gasteiger partial charge in [0, 0.05) is 10.8 Å². The molecule has 5 rings (SSSR count). The maximum atomic E-state index is 10.6. The van der Waals surface area contributed by atoms with Crippen molar-refractivity contribution in [2.45, 2.75) is 103 Å². The van der Waals surface area contributed by atoms with Gasteiger partial charge in [0.15, 0.2) is 0 Å². The molecule has 0 bridgehead atoms. The second-order valence-electron chi connectivity index (χ2n) is 15.1. The first kappa shape index (κ1) is 36.9. The number of benzene rings is 5. The van der Waals surface area contributed by atoms with Gasteiger partial charge in [0.05, 0.1) is 17.8 Å². The number of rotatable bonds is 14. The molecule has 0 aromatic heterocycles. The third-order valence-electron chi connectivity index (χ3n) is 11.0. The molecule has 0 radical (unpaired) electrons. The van der Waals surface area contributed by atoms with Crippen LogP contribution in [0.5, 0.6) is 11.5 Å². The molecule has 2 atom stereocenters. The first-order chi connectivity index (χ1) is 23.7. The van der Waals surface area contributed by atoms with E-state index in [1.807, 2.05) is 50.2 Å². The van der Waals surface area contributed by atoms with Crippen LogP contribution in [-0.4, -0.2) is 10.2 Å². The van der Waals surface area contributed by atoms with E-state index in [-0.39, 0.29) is 16.6 Å². The molecule has 5 aromatic carbocycles. The molecule has 0 aliphatic heterocycles. The molecular weight excluding hydrogens is 617 g/mol. The zero-order valence-electron chi connectivity index (χ0n) is 31.1. The van der Waals surface area contributed by atoms with E-state index in [0.717, 1.165) is 40.0 Å². The molecule has 5 aromatic rings. The number of phenolic OH excluding ortho intramolecular Hbond substituents is 1. The minimum atomic E-state index is -0.810. The van der Waals surface area contributed by atoms with Crippen molar-refractivity contribution in [1.82, 2.24) is 0 Å². The molecule has 0 fully saturated rings. The molecule has 4 nitrogen and oxygen atoms in total. The van der Waals surface area contributed by atoms with Crippen LogP contribution in [0, 0.1) is 0 Å². The summed E-state index contributed by atoms with van der Waals surface area (Å²) in [5.74, 6) is 1.12. The Morgan fingerprint density at radius 3 is 1.28 bits per heavy atom. The summed E-state index contributed by atoms with van der Waals surface area (Å²) in [6.45, 7) is 18.1. The lowest BCUT2D eigenvalue weighted by molar-refractivity contribution is -0.0509. The number of hydrogen-bond acceptors (Lipinski definition) is 4. The lowest BCUT2D eigenvalue weighted by atomic mass is 9.77. The summed E-state index contributed by atoms with van der Waals surface area (Å²) in [7, 11) is 0. The van der Waals surface area contributed by atoms with Gasteiger partial charge in [0.1, 0.15) is 18.1 Å². The number of aromatic hydroxyl groups is 1. The molecule has 50 heavy (non-hydrogen) atoms. The monoisotopic (exact) mass is 670 g/mol. The van der Waals surface area contributed by atoms with Gasteiger partial charge in [0.2, 0.25) is 0 Å². The fourth-order valence-electron chi connectivity index (χ4n) is 6.40. The van der Waals surface area contributed by atoms with Crippen molar-refractivity contribution in [2.24, 2.45) is 0 Å². The summed E-state index contributed by atoms with van der Waals surface area (Å²) in [4.78, 5) is 0. The summed E-state index contributed by atoms with van der Waals surface area (Å²) >= 11 is 0. The number of hydrogen-bond donors (Lipinski definition) is 2. The molecule has 0 amide bonds. The first-order valence-corrected chi connectivity index (χ1v) is 17.9. The summed E-state index contributed by atoms with van der Waals surface area (Å²) in [5, 5.41) is 20.3. The van der Waals surface area contributed by atoms with Gasteiger partial charge in [-0.05, 0) is 95.5 Å². The van der Waals surface area contributed by atoms with E-state index in [9.17, 15) is 10.2 Å². The smallest absolute Gasteiger partial charge is 0.119 e. The Hall–Kier alpha value is -4.38. The summed E-state index contributed by atoms with van der Waals surface area (Å²) in [5.41, 5.74) is 7.51. The zero-order valence-corrected chi connectivity index (χ0v) is 31.1. The van der Waals surface area contributed by atoms with E-state index >= 15 is 0 Å². The largest absolute Gasteiger partial charge is 0.508 e. The molecule has 0 heterocycles. The van der Waals surface area contributed by atoms with Crippen LogP contribution in [0.15, 0.2) is 121 Å². The number of phenols is 1. The lowest BCUT2D eigenvalue weighted by Gasteiger charge is -2.31. The molecule has 2 unspecified atom stereocenters. The Kier molecular flexibility index (Phi) is 11.0. The summed E-state index contributed by atoms with van der Waals surface area (Å²) < 4.78 is 12.7. The molecule has 0 spiro atoms. The number of aliphatic hydroxyl groups is 1. The van der Waals surface area contributed by atoms with Crippen molar-refractivity contribution < 1.29 is 19.7 Å². The fraction of sp³-hybridized carbons (Fsp3) is 0.348. The summed E-state index contributed by atoms with van der Waals surface area (Å²) in [6, 6.07) is 41.4. The first-order valence-electron chi connectivity index (χ1n) is 17.9. The van der Waals surface area contributed by atoms with E-state index in [1.54, 1.807) is 12.1 Å². The quantitative estimate of drug-likeness (QED) is 0.123. The van der Waals surface area contributed by atoms with Gasteiger partial charge < -0.3 is 19.7 Å². The third kappa shape index (κ3) is 8.15. The molecule has 262 valence electrons. The average molecular weight is 671 g/mol. The molecule has 0 aliphatic rings. The van der Waals surface area contributed by atoms with Crippen LogP contribution >= 0.6 is 0 Å². The minimum absolute atomic E-state index is 0.185. The third-order valence-corrected chi connectivity index (χ3v) is 11.0. The van der Waals surface area contributed by atoms with Gasteiger partial charge in [-0.2, -0.15) is 0 Å². The van der Waals surface area contributed by atoms with Crippen LogP contribution in [0.1, 0.15) is 113 Å². The SMILES string of the molecule is CCC(C)(O)c1ccc(C(C)(C)c2ccc(OCc3ccc(COC(C)(CC)c4ccc(C(C)(C)c5ccc(O)cc5)cc4)cc3)cc2)cc1. The van der Waals surface area contributed by atoms with Crippen molar-refractivity contribution in [3.63, 3.8) is 0 Å². The van der Waals surface area contributed by atoms with Gasteiger partial charge in [0.25, 0.3) is 0 Å². The van der Waals surface area contributed by atoms with Crippen molar-refractivity contribution in [3.05, 3.63) is 166 Å². The highest BCUT2D eigenvalue weighted by atomic mass is 16.5.